The standard InChI is InChI=1S/C22H21ClN4OS/c1-16-8-9-18(23)21-20(16)25-22(29-21)27(12-5-11-26-13-10-24-15-26)19(28)14-17-6-3-2-4-7-17/h2-4,6-10,13,15H,5,11-12,14H2,1H3. The maximum atomic E-state index is 13.2. The van der Waals surface area contributed by atoms with Crippen LogP contribution in [0.2, 0.25) is 5.02 Å². The molecule has 29 heavy (non-hydrogen) atoms. The number of nitrogens with zero attached hydrogens (tertiary/aromatic N) is 4. The zero-order valence-electron chi connectivity index (χ0n) is 16.1. The minimum Gasteiger partial charge on any atom is -0.337 e. The lowest BCUT2D eigenvalue weighted by molar-refractivity contribution is -0.118. The van der Waals surface area contributed by atoms with E-state index in [1.807, 2.05) is 60.2 Å². The number of carbonyl (C=O) groups is 1. The van der Waals surface area contributed by atoms with E-state index in [1.165, 1.54) is 11.3 Å². The molecule has 0 aliphatic rings. The number of anilines is 1. The molecule has 4 rings (SSSR count). The summed E-state index contributed by atoms with van der Waals surface area (Å²) >= 11 is 7.86. The van der Waals surface area contributed by atoms with Crippen molar-refractivity contribution in [2.45, 2.75) is 26.3 Å². The van der Waals surface area contributed by atoms with E-state index in [1.54, 1.807) is 17.4 Å². The second-order valence-corrected chi connectivity index (χ2v) is 8.28. The molecule has 0 aliphatic carbocycles. The number of thiazole rings is 1. The molecule has 0 atom stereocenters. The zero-order valence-corrected chi connectivity index (χ0v) is 17.7. The number of rotatable bonds is 7. The van der Waals surface area contributed by atoms with Gasteiger partial charge in [-0.25, -0.2) is 9.97 Å². The Morgan fingerprint density at radius 3 is 2.76 bits per heavy atom. The summed E-state index contributed by atoms with van der Waals surface area (Å²) in [6, 6.07) is 13.6. The van der Waals surface area contributed by atoms with Crippen LogP contribution < -0.4 is 4.90 Å². The number of fused-ring (bicyclic) bond motifs is 1. The third-order valence-corrected chi connectivity index (χ3v) is 6.31. The fraction of sp³-hybridized carbons (Fsp3) is 0.227. The predicted octanol–water partition coefficient (Wildman–Crippen LogP) is 5.12. The fourth-order valence-electron chi connectivity index (χ4n) is 3.23. The van der Waals surface area contributed by atoms with Gasteiger partial charge in [0, 0.05) is 25.5 Å². The lowest BCUT2D eigenvalue weighted by atomic mass is 10.1. The van der Waals surface area contributed by atoms with Crippen molar-refractivity contribution in [3.05, 3.63) is 77.3 Å². The van der Waals surface area contributed by atoms with Gasteiger partial charge in [0.15, 0.2) is 5.13 Å². The van der Waals surface area contributed by atoms with Crippen molar-refractivity contribution in [3.63, 3.8) is 0 Å². The molecule has 2 aromatic carbocycles. The van der Waals surface area contributed by atoms with Crippen molar-refractivity contribution in [1.82, 2.24) is 14.5 Å². The van der Waals surface area contributed by atoms with Gasteiger partial charge in [0.1, 0.15) is 0 Å². The van der Waals surface area contributed by atoms with E-state index >= 15 is 0 Å². The predicted molar refractivity (Wildman–Crippen MR) is 119 cm³/mol. The third kappa shape index (κ3) is 4.49. The minimum absolute atomic E-state index is 0.0367. The van der Waals surface area contributed by atoms with Crippen LogP contribution in [0.4, 0.5) is 5.13 Å². The SMILES string of the molecule is Cc1ccc(Cl)c2sc(N(CCCn3ccnc3)C(=O)Cc3ccccc3)nc12. The summed E-state index contributed by atoms with van der Waals surface area (Å²) in [6.07, 6.45) is 6.62. The second-order valence-electron chi connectivity index (χ2n) is 6.90. The Balaban J connectivity index is 1.61. The van der Waals surface area contributed by atoms with Gasteiger partial charge in [0.25, 0.3) is 0 Å². The van der Waals surface area contributed by atoms with Gasteiger partial charge in [-0.1, -0.05) is 59.3 Å². The highest BCUT2D eigenvalue weighted by atomic mass is 35.5. The van der Waals surface area contributed by atoms with Gasteiger partial charge in [-0.3, -0.25) is 9.69 Å². The highest BCUT2D eigenvalue weighted by Gasteiger charge is 2.21. The van der Waals surface area contributed by atoms with E-state index in [9.17, 15) is 4.79 Å². The van der Waals surface area contributed by atoms with Crippen LogP contribution in [0.3, 0.4) is 0 Å². The lowest BCUT2D eigenvalue weighted by Gasteiger charge is -2.20. The van der Waals surface area contributed by atoms with Crippen LogP contribution in [0.1, 0.15) is 17.5 Å². The summed E-state index contributed by atoms with van der Waals surface area (Å²) in [5, 5.41) is 1.37. The average molecular weight is 425 g/mol. The first kappa shape index (κ1) is 19.6. The molecular formula is C22H21ClN4OS. The van der Waals surface area contributed by atoms with Crippen molar-refractivity contribution < 1.29 is 4.79 Å². The molecule has 7 heteroatoms. The summed E-state index contributed by atoms with van der Waals surface area (Å²) in [5.74, 6) is 0.0367. The van der Waals surface area contributed by atoms with Crippen LogP contribution in [0, 0.1) is 6.92 Å². The smallest absolute Gasteiger partial charge is 0.233 e. The van der Waals surface area contributed by atoms with Crippen LogP contribution in [0.15, 0.2) is 61.2 Å². The molecule has 2 aromatic heterocycles. The minimum atomic E-state index is 0.0367. The Morgan fingerprint density at radius 2 is 2.03 bits per heavy atom. The van der Waals surface area contributed by atoms with E-state index in [2.05, 4.69) is 4.98 Å². The molecule has 1 amide bonds. The molecule has 0 aliphatic heterocycles. The number of aryl methyl sites for hydroxylation is 2. The van der Waals surface area contributed by atoms with Crippen molar-refractivity contribution in [1.29, 1.82) is 0 Å². The number of halogens is 1. The number of benzene rings is 2. The topological polar surface area (TPSA) is 51.0 Å². The Labute approximate surface area is 178 Å². The fourth-order valence-corrected chi connectivity index (χ4v) is 4.59. The first-order valence-corrected chi connectivity index (χ1v) is 10.7. The molecule has 2 heterocycles. The molecule has 0 unspecified atom stereocenters. The molecule has 0 saturated carbocycles. The molecule has 0 radical (unpaired) electrons. The van der Waals surface area contributed by atoms with Crippen molar-refractivity contribution in [3.8, 4) is 0 Å². The lowest BCUT2D eigenvalue weighted by Crippen LogP contribution is -2.33. The van der Waals surface area contributed by atoms with Gasteiger partial charge in [0.05, 0.1) is 28.0 Å². The van der Waals surface area contributed by atoms with Crippen LogP contribution in [0.5, 0.6) is 0 Å². The number of imidazole rings is 1. The van der Waals surface area contributed by atoms with Gasteiger partial charge in [-0.2, -0.15) is 0 Å². The zero-order chi connectivity index (χ0) is 20.2. The Hall–Kier alpha value is -2.70. The van der Waals surface area contributed by atoms with Gasteiger partial charge in [0.2, 0.25) is 5.91 Å². The van der Waals surface area contributed by atoms with Crippen LogP contribution in [-0.2, 0) is 17.8 Å². The van der Waals surface area contributed by atoms with E-state index < -0.39 is 0 Å². The van der Waals surface area contributed by atoms with Crippen molar-refractivity contribution in [2.75, 3.05) is 11.4 Å². The van der Waals surface area contributed by atoms with Gasteiger partial charge in [-0.05, 0) is 30.5 Å². The number of hydrogen-bond acceptors (Lipinski definition) is 4. The summed E-state index contributed by atoms with van der Waals surface area (Å²) in [5.41, 5.74) is 2.91. The molecule has 4 aromatic rings. The summed E-state index contributed by atoms with van der Waals surface area (Å²) in [7, 11) is 0. The molecule has 0 spiro atoms. The Bertz CT molecular complexity index is 1070. The molecule has 5 nitrogen and oxygen atoms in total. The Kier molecular flexibility index (Phi) is 5.92. The number of hydrogen-bond donors (Lipinski definition) is 0. The van der Waals surface area contributed by atoms with Crippen LogP contribution in [-0.4, -0.2) is 27.0 Å². The van der Waals surface area contributed by atoms with Gasteiger partial charge in [-0.15, -0.1) is 0 Å². The van der Waals surface area contributed by atoms with Gasteiger partial charge < -0.3 is 4.57 Å². The molecule has 0 fully saturated rings. The van der Waals surface area contributed by atoms with Gasteiger partial charge >= 0.3 is 0 Å². The van der Waals surface area contributed by atoms with E-state index in [-0.39, 0.29) is 5.91 Å². The van der Waals surface area contributed by atoms with E-state index in [0.717, 1.165) is 34.3 Å². The van der Waals surface area contributed by atoms with Crippen molar-refractivity contribution >= 4 is 44.2 Å². The first-order valence-electron chi connectivity index (χ1n) is 9.47. The summed E-state index contributed by atoms with van der Waals surface area (Å²) in [4.78, 5) is 23.8. The summed E-state index contributed by atoms with van der Waals surface area (Å²) in [6.45, 7) is 3.39. The first-order chi connectivity index (χ1) is 14.1. The largest absolute Gasteiger partial charge is 0.337 e. The summed E-state index contributed by atoms with van der Waals surface area (Å²) < 4.78 is 2.94. The number of carbonyl (C=O) groups excluding carboxylic acids is 1. The maximum absolute atomic E-state index is 13.2. The van der Waals surface area contributed by atoms with Crippen LogP contribution >= 0.6 is 22.9 Å². The normalized spacial score (nSPS) is 11.1. The molecule has 0 saturated heterocycles. The Morgan fingerprint density at radius 1 is 1.21 bits per heavy atom. The highest BCUT2D eigenvalue weighted by molar-refractivity contribution is 7.23. The average Bonchev–Trinajstić information content (AvgIpc) is 3.39. The highest BCUT2D eigenvalue weighted by Crippen LogP contribution is 2.36. The number of amides is 1. The maximum Gasteiger partial charge on any atom is 0.233 e. The molecule has 148 valence electrons. The molecule has 0 bridgehead atoms. The number of aromatic nitrogens is 3. The quantitative estimate of drug-likeness (QED) is 0.413. The van der Waals surface area contributed by atoms with Crippen LogP contribution in [0.25, 0.3) is 10.2 Å². The monoisotopic (exact) mass is 424 g/mol. The second kappa shape index (κ2) is 8.76. The molecule has 0 N–H and O–H groups in total. The van der Waals surface area contributed by atoms with Crippen molar-refractivity contribution in [2.24, 2.45) is 0 Å². The molecular weight excluding hydrogens is 404 g/mol. The third-order valence-electron chi connectivity index (χ3n) is 4.77. The van der Waals surface area contributed by atoms with E-state index in [4.69, 9.17) is 16.6 Å². The van der Waals surface area contributed by atoms with E-state index in [0.29, 0.717) is 23.1 Å².